The van der Waals surface area contributed by atoms with Crippen LogP contribution in [-0.4, -0.2) is 31.4 Å². The summed E-state index contributed by atoms with van der Waals surface area (Å²) in [5.41, 5.74) is 5.93. The van der Waals surface area contributed by atoms with Gasteiger partial charge < -0.3 is 5.73 Å². The van der Waals surface area contributed by atoms with Gasteiger partial charge in [-0.2, -0.15) is 4.31 Å². The summed E-state index contributed by atoms with van der Waals surface area (Å²) in [5, 5.41) is 0.426. The van der Waals surface area contributed by atoms with Gasteiger partial charge in [-0.05, 0) is 38.0 Å². The summed E-state index contributed by atoms with van der Waals surface area (Å²) in [6, 6.07) is 6.09. The Kier molecular flexibility index (Phi) is 6.28. The van der Waals surface area contributed by atoms with E-state index in [9.17, 15) is 8.42 Å². The SMILES string of the molecule is CC(N)C1CCCCN1S(=O)(=O)c1cccc(Cl)c1.Cl. The van der Waals surface area contributed by atoms with Gasteiger partial charge in [0.05, 0.1) is 4.90 Å². The van der Waals surface area contributed by atoms with E-state index in [1.807, 2.05) is 6.92 Å². The first-order valence-corrected chi connectivity index (χ1v) is 8.28. The maximum atomic E-state index is 12.7. The van der Waals surface area contributed by atoms with E-state index in [4.69, 9.17) is 17.3 Å². The fraction of sp³-hybridized carbons (Fsp3) is 0.538. The van der Waals surface area contributed by atoms with E-state index in [1.165, 1.54) is 10.4 Å². The van der Waals surface area contributed by atoms with Gasteiger partial charge in [-0.1, -0.05) is 24.1 Å². The molecule has 0 spiro atoms. The highest BCUT2D eigenvalue weighted by molar-refractivity contribution is 7.89. The molecule has 1 saturated heterocycles. The van der Waals surface area contributed by atoms with E-state index in [2.05, 4.69) is 0 Å². The molecule has 0 aliphatic carbocycles. The van der Waals surface area contributed by atoms with Gasteiger partial charge in [0.25, 0.3) is 0 Å². The summed E-state index contributed by atoms with van der Waals surface area (Å²) in [4.78, 5) is 0.243. The lowest BCUT2D eigenvalue weighted by molar-refractivity contribution is 0.227. The molecule has 4 nitrogen and oxygen atoms in total. The Morgan fingerprint density at radius 3 is 2.70 bits per heavy atom. The maximum absolute atomic E-state index is 12.7. The van der Waals surface area contributed by atoms with Gasteiger partial charge in [-0.25, -0.2) is 8.42 Å². The van der Waals surface area contributed by atoms with Crippen molar-refractivity contribution >= 4 is 34.0 Å². The number of nitrogens with zero attached hydrogens (tertiary/aromatic N) is 1. The fourth-order valence-corrected chi connectivity index (χ4v) is 4.59. The molecule has 1 aliphatic rings. The molecule has 0 aromatic heterocycles. The summed E-state index contributed by atoms with van der Waals surface area (Å²) in [7, 11) is -3.51. The van der Waals surface area contributed by atoms with Crippen molar-refractivity contribution in [3.8, 4) is 0 Å². The number of rotatable bonds is 3. The van der Waals surface area contributed by atoms with Crippen LogP contribution in [-0.2, 0) is 10.0 Å². The molecule has 1 aliphatic heterocycles. The average molecular weight is 339 g/mol. The van der Waals surface area contributed by atoms with Crippen molar-refractivity contribution in [2.75, 3.05) is 6.54 Å². The highest BCUT2D eigenvalue weighted by Crippen LogP contribution is 2.27. The monoisotopic (exact) mass is 338 g/mol. The highest BCUT2D eigenvalue weighted by atomic mass is 35.5. The van der Waals surface area contributed by atoms with Crippen molar-refractivity contribution in [3.05, 3.63) is 29.3 Å². The predicted octanol–water partition coefficient (Wildman–Crippen LogP) is 2.65. The van der Waals surface area contributed by atoms with Gasteiger partial charge in [-0.15, -0.1) is 12.4 Å². The number of hydrogen-bond donors (Lipinski definition) is 1. The number of sulfonamides is 1. The zero-order chi connectivity index (χ0) is 14.0. The molecular weight excluding hydrogens is 319 g/mol. The molecule has 2 rings (SSSR count). The van der Waals surface area contributed by atoms with Gasteiger partial charge in [0.15, 0.2) is 0 Å². The second-order valence-electron chi connectivity index (χ2n) is 5.00. The van der Waals surface area contributed by atoms with Crippen molar-refractivity contribution in [1.82, 2.24) is 4.31 Å². The Hall–Kier alpha value is -0.330. The van der Waals surface area contributed by atoms with Crippen LogP contribution in [0.1, 0.15) is 26.2 Å². The van der Waals surface area contributed by atoms with Crippen molar-refractivity contribution in [3.63, 3.8) is 0 Å². The molecule has 1 fully saturated rings. The average Bonchev–Trinajstić information content (AvgIpc) is 2.38. The van der Waals surface area contributed by atoms with Crippen molar-refractivity contribution < 1.29 is 8.42 Å². The van der Waals surface area contributed by atoms with Crippen LogP contribution < -0.4 is 5.73 Å². The molecule has 0 bridgehead atoms. The Morgan fingerprint density at radius 1 is 1.40 bits per heavy atom. The minimum atomic E-state index is -3.51. The topological polar surface area (TPSA) is 63.4 Å². The minimum absolute atomic E-state index is 0. The lowest BCUT2D eigenvalue weighted by Crippen LogP contribution is -2.51. The third-order valence-electron chi connectivity index (χ3n) is 3.51. The molecule has 0 saturated carbocycles. The van der Waals surface area contributed by atoms with Crippen LogP contribution in [0.2, 0.25) is 5.02 Å². The minimum Gasteiger partial charge on any atom is -0.326 e. The van der Waals surface area contributed by atoms with Gasteiger partial charge in [0.1, 0.15) is 0 Å². The van der Waals surface area contributed by atoms with Crippen LogP contribution in [0.3, 0.4) is 0 Å². The predicted molar refractivity (Wildman–Crippen MR) is 83.9 cm³/mol. The first kappa shape index (κ1) is 17.7. The third-order valence-corrected chi connectivity index (χ3v) is 5.66. The standard InChI is InChI=1S/C13H19ClN2O2S.ClH/c1-10(15)13-7-2-3-8-16(13)19(17,18)12-6-4-5-11(14)9-12;/h4-6,9-10,13H,2-3,7-8,15H2,1H3;1H. The first-order valence-electron chi connectivity index (χ1n) is 6.46. The van der Waals surface area contributed by atoms with E-state index in [1.54, 1.807) is 18.2 Å². The van der Waals surface area contributed by atoms with Crippen LogP contribution in [0, 0.1) is 0 Å². The summed E-state index contributed by atoms with van der Waals surface area (Å²) >= 11 is 5.88. The van der Waals surface area contributed by atoms with Gasteiger partial charge in [0, 0.05) is 23.7 Å². The van der Waals surface area contributed by atoms with Crippen LogP contribution in [0.5, 0.6) is 0 Å². The van der Waals surface area contributed by atoms with Gasteiger partial charge >= 0.3 is 0 Å². The lowest BCUT2D eigenvalue weighted by Gasteiger charge is -2.36. The summed E-state index contributed by atoms with van der Waals surface area (Å²) < 4.78 is 26.9. The zero-order valence-electron chi connectivity index (χ0n) is 11.3. The number of halogens is 2. The lowest BCUT2D eigenvalue weighted by atomic mass is 10.00. The van der Waals surface area contributed by atoms with Crippen LogP contribution in [0.15, 0.2) is 29.2 Å². The molecule has 2 unspecified atom stereocenters. The second-order valence-corrected chi connectivity index (χ2v) is 7.32. The Labute approximate surface area is 131 Å². The van der Waals surface area contributed by atoms with Gasteiger partial charge in [0.2, 0.25) is 10.0 Å². The number of nitrogens with two attached hydrogens (primary N) is 1. The number of hydrogen-bond acceptors (Lipinski definition) is 3. The van der Waals surface area contributed by atoms with E-state index in [0.717, 1.165) is 19.3 Å². The van der Waals surface area contributed by atoms with Crippen molar-refractivity contribution in [2.24, 2.45) is 5.73 Å². The summed E-state index contributed by atoms with van der Waals surface area (Å²) in [5.74, 6) is 0. The third kappa shape index (κ3) is 3.65. The Bertz CT molecular complexity index is 549. The van der Waals surface area contributed by atoms with E-state index in [0.29, 0.717) is 11.6 Å². The Morgan fingerprint density at radius 2 is 2.10 bits per heavy atom. The molecule has 1 aromatic rings. The molecule has 1 aromatic carbocycles. The van der Waals surface area contributed by atoms with E-state index < -0.39 is 10.0 Å². The first-order chi connectivity index (χ1) is 8.93. The highest BCUT2D eigenvalue weighted by Gasteiger charge is 2.35. The van der Waals surface area contributed by atoms with Crippen molar-refractivity contribution in [2.45, 2.75) is 43.2 Å². The van der Waals surface area contributed by atoms with Crippen LogP contribution in [0.4, 0.5) is 0 Å². The number of benzene rings is 1. The molecule has 114 valence electrons. The molecule has 2 N–H and O–H groups in total. The summed E-state index contributed by atoms with van der Waals surface area (Å²) in [6.45, 7) is 2.39. The largest absolute Gasteiger partial charge is 0.326 e. The maximum Gasteiger partial charge on any atom is 0.243 e. The van der Waals surface area contributed by atoms with E-state index in [-0.39, 0.29) is 29.4 Å². The smallest absolute Gasteiger partial charge is 0.243 e. The number of piperidine rings is 1. The zero-order valence-corrected chi connectivity index (χ0v) is 13.7. The molecule has 2 atom stereocenters. The Balaban J connectivity index is 0.00000200. The fourth-order valence-electron chi connectivity index (χ4n) is 2.52. The molecule has 0 amide bonds. The molecular formula is C13H20Cl2N2O2S. The quantitative estimate of drug-likeness (QED) is 0.921. The van der Waals surface area contributed by atoms with Crippen LogP contribution in [0.25, 0.3) is 0 Å². The van der Waals surface area contributed by atoms with Gasteiger partial charge in [-0.3, -0.25) is 0 Å². The van der Waals surface area contributed by atoms with E-state index >= 15 is 0 Å². The molecule has 1 heterocycles. The summed E-state index contributed by atoms with van der Waals surface area (Å²) in [6.07, 6.45) is 2.72. The molecule has 7 heteroatoms. The molecule has 20 heavy (non-hydrogen) atoms. The molecule has 0 radical (unpaired) electrons. The second kappa shape index (κ2) is 7.09. The van der Waals surface area contributed by atoms with Crippen molar-refractivity contribution in [1.29, 1.82) is 0 Å². The normalized spacial score (nSPS) is 22.1. The van der Waals surface area contributed by atoms with Crippen LogP contribution >= 0.6 is 24.0 Å².